The van der Waals surface area contributed by atoms with Gasteiger partial charge in [-0.25, -0.2) is 9.97 Å². The molecule has 2 rings (SSSR count). The molecule has 4 nitrogen and oxygen atoms in total. The van der Waals surface area contributed by atoms with E-state index in [1.165, 1.54) is 11.1 Å². The van der Waals surface area contributed by atoms with Crippen molar-refractivity contribution in [1.29, 1.82) is 5.26 Å². The summed E-state index contributed by atoms with van der Waals surface area (Å²) >= 11 is 0. The molecule has 0 fully saturated rings. The number of nitrogens with zero attached hydrogens (tertiary/aromatic N) is 3. The molecule has 0 aliphatic rings. The van der Waals surface area contributed by atoms with Crippen LogP contribution in [0, 0.1) is 25.2 Å². The number of aromatic nitrogens is 2. The van der Waals surface area contributed by atoms with Gasteiger partial charge in [-0.1, -0.05) is 29.8 Å². The van der Waals surface area contributed by atoms with Gasteiger partial charge in [0.2, 0.25) is 5.95 Å². The van der Waals surface area contributed by atoms with Crippen LogP contribution in [0.4, 0.5) is 5.95 Å². The predicted octanol–water partition coefficient (Wildman–Crippen LogP) is 2.62. The Kier molecular flexibility index (Phi) is 4.09. The van der Waals surface area contributed by atoms with Gasteiger partial charge in [0.05, 0.1) is 0 Å². The fourth-order valence-electron chi connectivity index (χ4n) is 1.89. The lowest BCUT2D eigenvalue weighted by Crippen LogP contribution is -2.09. The Morgan fingerprint density at radius 1 is 1.21 bits per heavy atom. The number of hydrogen-bond acceptors (Lipinski definition) is 4. The zero-order chi connectivity index (χ0) is 13.7. The van der Waals surface area contributed by atoms with E-state index in [-0.39, 0.29) is 0 Å². The number of rotatable bonds is 4. The number of aryl methyl sites for hydroxylation is 2. The van der Waals surface area contributed by atoms with Crippen molar-refractivity contribution in [2.24, 2.45) is 0 Å². The molecule has 0 spiro atoms. The first kappa shape index (κ1) is 13.0. The SMILES string of the molecule is Cc1cccc(CCNc2nc(C)cc(C#N)n2)c1. The smallest absolute Gasteiger partial charge is 0.224 e. The van der Waals surface area contributed by atoms with Crippen LogP contribution < -0.4 is 5.32 Å². The maximum absolute atomic E-state index is 8.85. The minimum absolute atomic E-state index is 0.394. The predicted molar refractivity (Wildman–Crippen MR) is 74.9 cm³/mol. The highest BCUT2D eigenvalue weighted by atomic mass is 15.1. The number of hydrogen-bond donors (Lipinski definition) is 1. The van der Waals surface area contributed by atoms with Gasteiger partial charge in [-0.15, -0.1) is 0 Å². The summed E-state index contributed by atoms with van der Waals surface area (Å²) in [6.45, 7) is 4.69. The molecule has 0 radical (unpaired) electrons. The van der Waals surface area contributed by atoms with Crippen molar-refractivity contribution < 1.29 is 0 Å². The van der Waals surface area contributed by atoms with E-state index in [4.69, 9.17) is 5.26 Å². The highest BCUT2D eigenvalue weighted by molar-refractivity contribution is 5.33. The van der Waals surface area contributed by atoms with Gasteiger partial charge in [0.15, 0.2) is 0 Å². The van der Waals surface area contributed by atoms with E-state index in [2.05, 4.69) is 46.5 Å². The molecule has 0 aliphatic carbocycles. The second-order valence-corrected chi connectivity index (χ2v) is 4.50. The molecule has 0 aliphatic heterocycles. The van der Waals surface area contributed by atoms with Gasteiger partial charge in [0.1, 0.15) is 11.8 Å². The Morgan fingerprint density at radius 3 is 2.79 bits per heavy atom. The van der Waals surface area contributed by atoms with Crippen molar-refractivity contribution in [2.45, 2.75) is 20.3 Å². The van der Waals surface area contributed by atoms with Crippen LogP contribution >= 0.6 is 0 Å². The van der Waals surface area contributed by atoms with E-state index in [9.17, 15) is 0 Å². The zero-order valence-corrected chi connectivity index (χ0v) is 11.1. The van der Waals surface area contributed by atoms with Crippen LogP contribution in [0.5, 0.6) is 0 Å². The summed E-state index contributed by atoms with van der Waals surface area (Å²) in [5, 5.41) is 12.0. The third-order valence-corrected chi connectivity index (χ3v) is 2.75. The van der Waals surface area contributed by atoms with Crippen molar-refractivity contribution in [3.63, 3.8) is 0 Å². The van der Waals surface area contributed by atoms with Gasteiger partial charge in [-0.05, 0) is 31.9 Å². The molecule has 0 bridgehead atoms. The lowest BCUT2D eigenvalue weighted by atomic mass is 10.1. The normalized spacial score (nSPS) is 9.95. The van der Waals surface area contributed by atoms with Crippen LogP contribution in [0.15, 0.2) is 30.3 Å². The third kappa shape index (κ3) is 3.78. The second kappa shape index (κ2) is 5.96. The Hall–Kier alpha value is -2.41. The summed E-state index contributed by atoms with van der Waals surface area (Å²) in [6.07, 6.45) is 0.904. The molecule has 1 aromatic carbocycles. The maximum atomic E-state index is 8.85. The lowest BCUT2D eigenvalue weighted by Gasteiger charge is -2.06. The quantitative estimate of drug-likeness (QED) is 0.908. The van der Waals surface area contributed by atoms with Gasteiger partial charge < -0.3 is 5.32 Å². The summed E-state index contributed by atoms with van der Waals surface area (Å²) in [6, 6.07) is 12.1. The van der Waals surface area contributed by atoms with Crippen LogP contribution in [0.25, 0.3) is 0 Å². The summed E-state index contributed by atoms with van der Waals surface area (Å²) in [7, 11) is 0. The van der Waals surface area contributed by atoms with Crippen LogP contribution in [0.1, 0.15) is 22.5 Å². The highest BCUT2D eigenvalue weighted by Gasteiger charge is 2.01. The first-order valence-electron chi connectivity index (χ1n) is 6.22. The molecule has 0 atom stereocenters. The summed E-state index contributed by atoms with van der Waals surface area (Å²) in [5.41, 5.74) is 3.73. The molecule has 96 valence electrons. The number of benzene rings is 1. The number of nitriles is 1. The monoisotopic (exact) mass is 252 g/mol. The molecule has 19 heavy (non-hydrogen) atoms. The van der Waals surface area contributed by atoms with E-state index >= 15 is 0 Å². The Balaban J connectivity index is 1.96. The van der Waals surface area contributed by atoms with Crippen LogP contribution in [0.3, 0.4) is 0 Å². The fourth-order valence-corrected chi connectivity index (χ4v) is 1.89. The molecule has 1 aromatic heterocycles. The third-order valence-electron chi connectivity index (χ3n) is 2.75. The van der Waals surface area contributed by atoms with Gasteiger partial charge in [0, 0.05) is 12.2 Å². The van der Waals surface area contributed by atoms with Gasteiger partial charge in [0.25, 0.3) is 0 Å². The minimum atomic E-state index is 0.394. The maximum Gasteiger partial charge on any atom is 0.224 e. The molecular formula is C15H16N4. The zero-order valence-electron chi connectivity index (χ0n) is 11.1. The molecule has 0 amide bonds. The largest absolute Gasteiger partial charge is 0.354 e. The van der Waals surface area contributed by atoms with E-state index in [0.717, 1.165) is 18.7 Å². The van der Waals surface area contributed by atoms with E-state index in [1.807, 2.05) is 13.0 Å². The summed E-state index contributed by atoms with van der Waals surface area (Å²) < 4.78 is 0. The Labute approximate surface area is 113 Å². The first-order valence-corrected chi connectivity index (χ1v) is 6.22. The summed E-state index contributed by atoms with van der Waals surface area (Å²) in [4.78, 5) is 8.37. The van der Waals surface area contributed by atoms with Crippen LogP contribution in [-0.4, -0.2) is 16.5 Å². The van der Waals surface area contributed by atoms with Crippen molar-refractivity contribution in [3.05, 3.63) is 52.8 Å². The summed E-state index contributed by atoms with van der Waals surface area (Å²) in [5.74, 6) is 0.518. The molecule has 2 aromatic rings. The molecule has 0 unspecified atom stereocenters. The van der Waals surface area contributed by atoms with Gasteiger partial charge in [-0.2, -0.15) is 5.26 Å². The number of nitrogens with one attached hydrogen (secondary N) is 1. The highest BCUT2D eigenvalue weighted by Crippen LogP contribution is 2.07. The molecule has 0 saturated carbocycles. The van der Waals surface area contributed by atoms with Crippen molar-refractivity contribution in [1.82, 2.24) is 9.97 Å². The topological polar surface area (TPSA) is 61.6 Å². The van der Waals surface area contributed by atoms with Crippen molar-refractivity contribution in [3.8, 4) is 6.07 Å². The Bertz CT molecular complexity index is 614. The van der Waals surface area contributed by atoms with Crippen LogP contribution in [-0.2, 0) is 6.42 Å². The Morgan fingerprint density at radius 2 is 2.05 bits per heavy atom. The lowest BCUT2D eigenvalue weighted by molar-refractivity contribution is 0.968. The first-order chi connectivity index (χ1) is 9.17. The fraction of sp³-hybridized carbons (Fsp3) is 0.267. The van der Waals surface area contributed by atoms with Gasteiger partial charge in [-0.3, -0.25) is 0 Å². The second-order valence-electron chi connectivity index (χ2n) is 4.50. The molecule has 1 N–H and O–H groups in total. The van der Waals surface area contributed by atoms with Crippen molar-refractivity contribution >= 4 is 5.95 Å². The minimum Gasteiger partial charge on any atom is -0.354 e. The van der Waals surface area contributed by atoms with Gasteiger partial charge >= 0.3 is 0 Å². The molecular weight excluding hydrogens is 236 g/mol. The average molecular weight is 252 g/mol. The van der Waals surface area contributed by atoms with E-state index in [0.29, 0.717) is 11.6 Å². The molecule has 0 saturated heterocycles. The van der Waals surface area contributed by atoms with Crippen LogP contribution in [0.2, 0.25) is 0 Å². The van der Waals surface area contributed by atoms with E-state index < -0.39 is 0 Å². The standard InChI is InChI=1S/C15H16N4/c1-11-4-3-5-13(8-11)6-7-17-15-18-12(2)9-14(10-16)19-15/h3-5,8-9H,6-7H2,1-2H3,(H,17,18,19). The van der Waals surface area contributed by atoms with E-state index in [1.54, 1.807) is 6.07 Å². The van der Waals surface area contributed by atoms with Crippen molar-refractivity contribution in [2.75, 3.05) is 11.9 Å². The molecule has 4 heteroatoms. The molecule has 1 heterocycles. The average Bonchev–Trinajstić information content (AvgIpc) is 2.38. The number of anilines is 1.